The number of benzene rings is 7. The summed E-state index contributed by atoms with van der Waals surface area (Å²) in [5.41, 5.74) is 8.15. The largest absolute Gasteiger partial charge is 0.497 e. The molecule has 54 heavy (non-hydrogen) atoms. The monoisotopic (exact) mass is 703 g/mol. The molecule has 0 amide bonds. The van der Waals surface area contributed by atoms with Gasteiger partial charge in [0.1, 0.15) is 17.2 Å². The number of morpholine rings is 1. The predicted molar refractivity (Wildman–Crippen MR) is 217 cm³/mol. The smallest absolute Gasteiger partial charge is 0.180 e. The lowest BCUT2D eigenvalue weighted by Gasteiger charge is -2.40. The highest BCUT2D eigenvalue weighted by molar-refractivity contribution is 6.09. The van der Waals surface area contributed by atoms with Crippen LogP contribution in [0.25, 0.3) is 44.8 Å². The molecule has 2 atom stereocenters. The van der Waals surface area contributed by atoms with Crippen molar-refractivity contribution in [1.82, 2.24) is 0 Å². The van der Waals surface area contributed by atoms with Gasteiger partial charge in [0.2, 0.25) is 0 Å². The quantitative estimate of drug-likeness (QED) is 0.183. The van der Waals surface area contributed by atoms with Crippen LogP contribution >= 0.6 is 0 Å². The molecule has 0 saturated carbocycles. The molecule has 1 aliphatic carbocycles. The number of ether oxygens (including phenoxy) is 4. The lowest BCUT2D eigenvalue weighted by Crippen LogP contribution is -2.37. The Labute approximate surface area is 314 Å². The van der Waals surface area contributed by atoms with Gasteiger partial charge in [-0.3, -0.25) is 0 Å². The summed E-state index contributed by atoms with van der Waals surface area (Å²) in [4.78, 5) is 2.38. The van der Waals surface area contributed by atoms with Gasteiger partial charge in [0.15, 0.2) is 11.2 Å². The molecule has 4 aliphatic rings. The van der Waals surface area contributed by atoms with Gasteiger partial charge in [0.25, 0.3) is 0 Å². The van der Waals surface area contributed by atoms with Crippen molar-refractivity contribution in [3.63, 3.8) is 0 Å². The summed E-state index contributed by atoms with van der Waals surface area (Å²) in [6.45, 7) is 3.25. The van der Waals surface area contributed by atoms with Crippen LogP contribution in [-0.4, -0.2) is 33.4 Å². The van der Waals surface area contributed by atoms with Crippen LogP contribution in [0.2, 0.25) is 0 Å². The van der Waals surface area contributed by atoms with E-state index >= 15 is 0 Å². The van der Waals surface area contributed by atoms with Gasteiger partial charge in [-0.15, -0.1) is 0 Å². The third-order valence-electron chi connectivity index (χ3n) is 11.8. The Kier molecular flexibility index (Phi) is 6.86. The third kappa shape index (κ3) is 4.42. The second kappa shape index (κ2) is 11.9. The Morgan fingerprint density at radius 1 is 0.611 bits per heavy atom. The lowest BCUT2D eigenvalue weighted by molar-refractivity contribution is 0.122. The van der Waals surface area contributed by atoms with Crippen molar-refractivity contribution in [2.75, 3.05) is 38.3 Å². The Balaban J connectivity index is 1.16. The highest BCUT2D eigenvalue weighted by atomic mass is 16.5. The standard InChI is InChI=1S/C49H37NO4/c1-51-36-20-21-39-42(31-36)47-41(24-25-48(54-47,33-10-3-2-4-11-33)34-16-18-35(19-17-34)50-27-29-52-30-28-50)46-45(39)40-13-7-8-14-43(40)49(46)26-23-38-37-12-6-5-9-32(37)15-22-44(38)53-49/h2-26,31H,27-30H2,1H3. The second-order valence-corrected chi connectivity index (χ2v) is 14.5. The molecular weight excluding hydrogens is 667 g/mol. The molecule has 262 valence electrons. The molecule has 5 nitrogen and oxygen atoms in total. The van der Waals surface area contributed by atoms with Crippen molar-refractivity contribution in [3.8, 4) is 28.4 Å². The molecule has 1 saturated heterocycles. The zero-order chi connectivity index (χ0) is 35.9. The van der Waals surface area contributed by atoms with E-state index in [1.807, 2.05) is 0 Å². The average Bonchev–Trinajstić information content (AvgIpc) is 3.53. The molecule has 5 heteroatoms. The Morgan fingerprint density at radius 3 is 2.20 bits per heavy atom. The molecule has 0 radical (unpaired) electrons. The Bertz CT molecular complexity index is 2690. The number of fused-ring (bicyclic) bond motifs is 13. The van der Waals surface area contributed by atoms with Gasteiger partial charge in [-0.25, -0.2) is 0 Å². The maximum atomic E-state index is 7.62. The van der Waals surface area contributed by atoms with Gasteiger partial charge in [-0.05, 0) is 81.9 Å². The van der Waals surface area contributed by atoms with Crippen molar-refractivity contribution >= 4 is 39.4 Å². The van der Waals surface area contributed by atoms with E-state index in [1.54, 1.807) is 7.11 Å². The molecule has 7 aromatic rings. The van der Waals surface area contributed by atoms with E-state index < -0.39 is 11.2 Å². The van der Waals surface area contributed by atoms with Crippen LogP contribution in [-0.2, 0) is 15.9 Å². The number of rotatable bonds is 4. The zero-order valence-corrected chi connectivity index (χ0v) is 29.9. The summed E-state index contributed by atoms with van der Waals surface area (Å²) in [6, 6.07) is 47.2. The summed E-state index contributed by atoms with van der Waals surface area (Å²) in [7, 11) is 1.72. The first-order valence-electron chi connectivity index (χ1n) is 18.7. The van der Waals surface area contributed by atoms with E-state index in [1.165, 1.54) is 16.5 Å². The van der Waals surface area contributed by atoms with E-state index in [0.29, 0.717) is 0 Å². The molecule has 2 unspecified atom stereocenters. The van der Waals surface area contributed by atoms with E-state index in [2.05, 4.69) is 163 Å². The maximum absolute atomic E-state index is 7.62. The van der Waals surface area contributed by atoms with Gasteiger partial charge in [-0.2, -0.15) is 0 Å². The number of hydrogen-bond acceptors (Lipinski definition) is 5. The minimum absolute atomic E-state index is 0.742. The van der Waals surface area contributed by atoms with Crippen molar-refractivity contribution < 1.29 is 18.9 Å². The van der Waals surface area contributed by atoms with E-state index in [-0.39, 0.29) is 0 Å². The molecule has 1 spiro atoms. The summed E-state index contributed by atoms with van der Waals surface area (Å²) >= 11 is 0. The minimum atomic E-state index is -0.893. The number of nitrogens with zero attached hydrogens (tertiary/aromatic N) is 1. The fraction of sp³-hybridized carbons (Fsp3) is 0.143. The molecule has 1 fully saturated rings. The molecule has 3 aliphatic heterocycles. The molecule has 3 heterocycles. The summed E-state index contributed by atoms with van der Waals surface area (Å²) < 4.78 is 26.5. The normalized spacial score (nSPS) is 20.6. The lowest BCUT2D eigenvalue weighted by atomic mass is 9.79. The zero-order valence-electron chi connectivity index (χ0n) is 29.9. The summed E-state index contributed by atoms with van der Waals surface area (Å²) in [5, 5.41) is 4.46. The SMILES string of the molecule is COc1ccc2c3c(c4c(c2c1)OC(c1ccccc1)(c1ccc(N2CCOCC2)cc1)C=C4)C1(C=Cc2c(ccc4ccccc24)O1)c1ccccc1-3. The fourth-order valence-electron chi connectivity index (χ4n) is 9.20. The van der Waals surface area contributed by atoms with Gasteiger partial charge < -0.3 is 23.8 Å². The highest BCUT2D eigenvalue weighted by Gasteiger charge is 2.50. The average molecular weight is 704 g/mol. The highest BCUT2D eigenvalue weighted by Crippen LogP contribution is 2.60. The van der Waals surface area contributed by atoms with Crippen LogP contribution in [0.15, 0.2) is 146 Å². The molecule has 0 bridgehead atoms. The van der Waals surface area contributed by atoms with Crippen LogP contribution in [0.5, 0.6) is 17.2 Å². The van der Waals surface area contributed by atoms with Crippen molar-refractivity contribution in [2.24, 2.45) is 0 Å². The molecule has 11 rings (SSSR count). The van der Waals surface area contributed by atoms with Gasteiger partial charge in [0, 0.05) is 57.5 Å². The van der Waals surface area contributed by atoms with Crippen LogP contribution in [0.3, 0.4) is 0 Å². The van der Waals surface area contributed by atoms with Crippen LogP contribution in [0.4, 0.5) is 5.69 Å². The van der Waals surface area contributed by atoms with E-state index in [0.717, 1.165) is 98.8 Å². The van der Waals surface area contributed by atoms with Gasteiger partial charge in [0.05, 0.1) is 20.3 Å². The molecular formula is C49H37NO4. The second-order valence-electron chi connectivity index (χ2n) is 14.5. The third-order valence-corrected chi connectivity index (χ3v) is 11.8. The summed E-state index contributed by atoms with van der Waals surface area (Å²) in [5.74, 6) is 2.44. The van der Waals surface area contributed by atoms with Gasteiger partial charge >= 0.3 is 0 Å². The van der Waals surface area contributed by atoms with Crippen molar-refractivity contribution in [2.45, 2.75) is 11.2 Å². The molecule has 7 aromatic carbocycles. The summed E-state index contributed by atoms with van der Waals surface area (Å²) in [6.07, 6.45) is 9.04. The van der Waals surface area contributed by atoms with Crippen molar-refractivity contribution in [1.29, 1.82) is 0 Å². The fourth-order valence-corrected chi connectivity index (χ4v) is 9.20. The first-order chi connectivity index (χ1) is 26.7. The first-order valence-corrected chi connectivity index (χ1v) is 18.7. The van der Waals surface area contributed by atoms with E-state index in [9.17, 15) is 0 Å². The molecule has 0 N–H and O–H groups in total. The maximum Gasteiger partial charge on any atom is 0.180 e. The topological polar surface area (TPSA) is 40.2 Å². The van der Waals surface area contributed by atoms with Crippen LogP contribution < -0.4 is 19.1 Å². The van der Waals surface area contributed by atoms with Gasteiger partial charge in [-0.1, -0.05) is 103 Å². The Morgan fingerprint density at radius 2 is 1.35 bits per heavy atom. The van der Waals surface area contributed by atoms with Crippen molar-refractivity contribution in [3.05, 3.63) is 179 Å². The van der Waals surface area contributed by atoms with Crippen LogP contribution in [0.1, 0.15) is 33.4 Å². The molecule has 0 aromatic heterocycles. The first kappa shape index (κ1) is 31.2. The van der Waals surface area contributed by atoms with E-state index in [4.69, 9.17) is 18.9 Å². The Hall–Kier alpha value is -6.30. The number of anilines is 1. The number of hydrogen-bond donors (Lipinski definition) is 0. The predicted octanol–water partition coefficient (Wildman–Crippen LogP) is 10.5. The number of methoxy groups -OCH3 is 1. The van der Waals surface area contributed by atoms with Crippen LogP contribution in [0, 0.1) is 0 Å². The minimum Gasteiger partial charge on any atom is -0.497 e.